The molecule has 2 N–H and O–H groups in total. The van der Waals surface area contributed by atoms with Gasteiger partial charge in [0.1, 0.15) is 0 Å². The molecule has 2 aromatic rings. The van der Waals surface area contributed by atoms with Crippen molar-refractivity contribution in [1.82, 2.24) is 15.6 Å². The van der Waals surface area contributed by atoms with Crippen molar-refractivity contribution >= 4 is 16.8 Å². The molecule has 1 atom stereocenters. The van der Waals surface area contributed by atoms with Gasteiger partial charge in [-0.25, -0.2) is 0 Å². The maximum absolute atomic E-state index is 12.1. The quantitative estimate of drug-likeness (QED) is 0.598. The zero-order chi connectivity index (χ0) is 16.3. The van der Waals surface area contributed by atoms with Gasteiger partial charge in [0.15, 0.2) is 5.96 Å². The van der Waals surface area contributed by atoms with Crippen molar-refractivity contribution in [3.8, 4) is 0 Å². The van der Waals surface area contributed by atoms with Crippen LogP contribution in [-0.4, -0.2) is 41.0 Å². The molecule has 1 unspecified atom stereocenters. The van der Waals surface area contributed by atoms with Crippen molar-refractivity contribution in [3.05, 3.63) is 60.4 Å². The highest BCUT2D eigenvalue weighted by Crippen LogP contribution is 2.04. The smallest absolute Gasteiger partial charge is 0.191 e. The van der Waals surface area contributed by atoms with E-state index in [-0.39, 0.29) is 0 Å². The molecule has 0 amide bonds. The summed E-state index contributed by atoms with van der Waals surface area (Å²) < 4.78 is 12.1. The predicted molar refractivity (Wildman–Crippen MR) is 95.0 cm³/mol. The van der Waals surface area contributed by atoms with Gasteiger partial charge in [-0.2, -0.15) is 0 Å². The second kappa shape index (κ2) is 9.74. The van der Waals surface area contributed by atoms with Crippen LogP contribution in [-0.2, 0) is 17.2 Å². The van der Waals surface area contributed by atoms with Gasteiger partial charge in [0.25, 0.3) is 0 Å². The molecule has 2 rings (SSSR count). The molecule has 0 radical (unpaired) electrons. The maximum Gasteiger partial charge on any atom is 0.191 e. The van der Waals surface area contributed by atoms with E-state index < -0.39 is 10.8 Å². The van der Waals surface area contributed by atoms with Crippen LogP contribution >= 0.6 is 0 Å². The summed E-state index contributed by atoms with van der Waals surface area (Å²) in [7, 11) is 0.734. The number of hydrogen-bond donors (Lipinski definition) is 2. The first-order valence-electron chi connectivity index (χ1n) is 7.57. The molecule has 0 saturated heterocycles. The lowest BCUT2D eigenvalue weighted by Crippen LogP contribution is -2.40. The van der Waals surface area contributed by atoms with Gasteiger partial charge in [-0.15, -0.1) is 0 Å². The summed E-state index contributed by atoms with van der Waals surface area (Å²) in [6.45, 7) is 1.35. The minimum absolute atomic E-state index is 0.547. The van der Waals surface area contributed by atoms with Crippen molar-refractivity contribution in [2.75, 3.05) is 25.9 Å². The molecule has 0 fully saturated rings. The number of nitrogens with one attached hydrogen (secondary N) is 2. The molecule has 6 heteroatoms. The van der Waals surface area contributed by atoms with E-state index >= 15 is 0 Å². The standard InChI is InChI=1S/C17H22N4OS/c1-18-17(20-12-10-15-7-5-6-11-19-15)21-13-14-23(22)16-8-3-2-4-9-16/h2-9,11H,10,12-14H2,1H3,(H2,18,20,21). The Morgan fingerprint density at radius 1 is 1.09 bits per heavy atom. The van der Waals surface area contributed by atoms with E-state index in [1.54, 1.807) is 13.2 Å². The Hall–Kier alpha value is -2.21. The van der Waals surface area contributed by atoms with Crippen LogP contribution in [0.3, 0.4) is 0 Å². The van der Waals surface area contributed by atoms with E-state index in [0.29, 0.717) is 18.3 Å². The lowest BCUT2D eigenvalue weighted by Gasteiger charge is -2.11. The van der Waals surface area contributed by atoms with Crippen LogP contribution in [0.2, 0.25) is 0 Å². The third-order valence-electron chi connectivity index (χ3n) is 3.21. The summed E-state index contributed by atoms with van der Waals surface area (Å²) in [5.74, 6) is 1.26. The van der Waals surface area contributed by atoms with Gasteiger partial charge in [-0.1, -0.05) is 24.3 Å². The number of benzene rings is 1. The molecule has 0 bridgehead atoms. The van der Waals surface area contributed by atoms with E-state index in [0.717, 1.165) is 23.6 Å². The van der Waals surface area contributed by atoms with Crippen LogP contribution in [0, 0.1) is 0 Å². The van der Waals surface area contributed by atoms with Gasteiger partial charge in [0.05, 0.1) is 10.8 Å². The van der Waals surface area contributed by atoms with Crippen LogP contribution in [0.5, 0.6) is 0 Å². The highest BCUT2D eigenvalue weighted by Gasteiger charge is 2.03. The molecule has 0 aliphatic rings. The molecule has 0 aliphatic carbocycles. The molecule has 5 nitrogen and oxygen atoms in total. The number of guanidine groups is 1. The van der Waals surface area contributed by atoms with Crippen LogP contribution in [0.25, 0.3) is 0 Å². The van der Waals surface area contributed by atoms with Crippen LogP contribution in [0.4, 0.5) is 0 Å². The van der Waals surface area contributed by atoms with E-state index in [1.165, 1.54) is 0 Å². The monoisotopic (exact) mass is 330 g/mol. The van der Waals surface area contributed by atoms with E-state index in [1.807, 2.05) is 48.5 Å². The van der Waals surface area contributed by atoms with Crippen molar-refractivity contribution in [1.29, 1.82) is 0 Å². The van der Waals surface area contributed by atoms with Crippen molar-refractivity contribution in [3.63, 3.8) is 0 Å². The lowest BCUT2D eigenvalue weighted by atomic mass is 10.3. The first-order chi connectivity index (χ1) is 11.3. The third-order valence-corrected chi connectivity index (χ3v) is 4.58. The summed E-state index contributed by atoms with van der Waals surface area (Å²) in [5.41, 5.74) is 1.04. The minimum atomic E-state index is -0.993. The Kier molecular flexibility index (Phi) is 7.26. The van der Waals surface area contributed by atoms with Crippen molar-refractivity contribution < 1.29 is 4.21 Å². The molecule has 0 aliphatic heterocycles. The summed E-state index contributed by atoms with van der Waals surface area (Å²) in [4.78, 5) is 9.30. The largest absolute Gasteiger partial charge is 0.356 e. The Morgan fingerprint density at radius 3 is 2.52 bits per heavy atom. The van der Waals surface area contributed by atoms with Crippen molar-refractivity contribution in [2.45, 2.75) is 11.3 Å². The van der Waals surface area contributed by atoms with Crippen LogP contribution in [0.1, 0.15) is 5.69 Å². The number of hydrogen-bond acceptors (Lipinski definition) is 3. The highest BCUT2D eigenvalue weighted by molar-refractivity contribution is 7.85. The Labute approximate surface area is 139 Å². The van der Waals surface area contributed by atoms with Gasteiger partial charge >= 0.3 is 0 Å². The topological polar surface area (TPSA) is 66.4 Å². The maximum atomic E-state index is 12.1. The first kappa shape index (κ1) is 17.1. The molecule has 1 aromatic heterocycles. The second-order valence-corrected chi connectivity index (χ2v) is 6.43. The zero-order valence-electron chi connectivity index (χ0n) is 13.2. The molecular formula is C17H22N4OS. The predicted octanol–water partition coefficient (Wildman–Crippen LogP) is 1.60. The summed E-state index contributed by atoms with van der Waals surface area (Å²) in [6, 6.07) is 15.4. The average Bonchev–Trinajstić information content (AvgIpc) is 2.62. The Bertz CT molecular complexity index is 632. The number of rotatable bonds is 7. The highest BCUT2D eigenvalue weighted by atomic mass is 32.2. The van der Waals surface area contributed by atoms with Gasteiger partial charge in [0, 0.05) is 49.1 Å². The van der Waals surface area contributed by atoms with Gasteiger partial charge < -0.3 is 10.6 Å². The summed E-state index contributed by atoms with van der Waals surface area (Å²) in [6.07, 6.45) is 2.62. The summed E-state index contributed by atoms with van der Waals surface area (Å²) >= 11 is 0. The molecule has 23 heavy (non-hydrogen) atoms. The van der Waals surface area contributed by atoms with Crippen LogP contribution in [0.15, 0.2) is 64.6 Å². The molecule has 0 saturated carbocycles. The van der Waals surface area contributed by atoms with E-state index in [9.17, 15) is 4.21 Å². The molecule has 1 aromatic carbocycles. The number of aliphatic imine (C=N–C) groups is 1. The van der Waals surface area contributed by atoms with Crippen LogP contribution < -0.4 is 10.6 Å². The molecule has 122 valence electrons. The van der Waals surface area contributed by atoms with Gasteiger partial charge in [-0.05, 0) is 24.3 Å². The fourth-order valence-electron chi connectivity index (χ4n) is 2.03. The average molecular weight is 330 g/mol. The Balaban J connectivity index is 1.68. The normalized spacial score (nSPS) is 12.7. The lowest BCUT2D eigenvalue weighted by molar-refractivity contribution is 0.681. The number of pyridine rings is 1. The number of nitrogens with zero attached hydrogens (tertiary/aromatic N) is 2. The molecule has 1 heterocycles. The SMILES string of the molecule is CN=C(NCCc1ccccn1)NCCS(=O)c1ccccc1. The van der Waals surface area contributed by atoms with E-state index in [4.69, 9.17) is 0 Å². The minimum Gasteiger partial charge on any atom is -0.356 e. The fraction of sp³-hybridized carbons (Fsp3) is 0.294. The first-order valence-corrected chi connectivity index (χ1v) is 8.89. The van der Waals surface area contributed by atoms with E-state index in [2.05, 4.69) is 20.6 Å². The molecule has 0 spiro atoms. The van der Waals surface area contributed by atoms with Gasteiger partial charge in [0.2, 0.25) is 0 Å². The molecular weight excluding hydrogens is 308 g/mol. The fourth-order valence-corrected chi connectivity index (χ4v) is 3.01. The Morgan fingerprint density at radius 2 is 1.83 bits per heavy atom. The van der Waals surface area contributed by atoms with Gasteiger partial charge in [-0.3, -0.25) is 14.2 Å². The summed E-state index contributed by atoms with van der Waals surface area (Å²) in [5, 5.41) is 6.41. The second-order valence-electron chi connectivity index (χ2n) is 4.86. The number of aromatic nitrogens is 1. The zero-order valence-corrected chi connectivity index (χ0v) is 14.1. The third kappa shape index (κ3) is 6.20. The van der Waals surface area contributed by atoms with Crippen molar-refractivity contribution in [2.24, 2.45) is 4.99 Å².